The van der Waals surface area contributed by atoms with E-state index < -0.39 is 0 Å². The number of hydrogen-bond donors (Lipinski definition) is 1. The van der Waals surface area contributed by atoms with Crippen molar-refractivity contribution in [1.82, 2.24) is 10.2 Å². The minimum Gasteiger partial charge on any atom is -0.340 e. The number of carbonyl (C=O) groups is 1. The Morgan fingerprint density at radius 2 is 1.54 bits per heavy atom. The van der Waals surface area contributed by atoms with Gasteiger partial charge in [-0.1, -0.05) is 77.6 Å². The molecule has 0 fully saturated rings. The highest BCUT2D eigenvalue weighted by atomic mass is 16.2. The van der Waals surface area contributed by atoms with Crippen LogP contribution < -0.4 is 5.32 Å². The second-order valence-electron chi connectivity index (χ2n) is 7.65. The fourth-order valence-corrected chi connectivity index (χ4v) is 3.50. The average molecular weight is 366 g/mol. The first kappa shape index (κ1) is 23.1. The molecule has 26 heavy (non-hydrogen) atoms. The van der Waals surface area contributed by atoms with Crippen molar-refractivity contribution in [2.45, 2.75) is 96.8 Å². The summed E-state index contributed by atoms with van der Waals surface area (Å²) in [6, 6.07) is 0. The first-order valence-corrected chi connectivity index (χ1v) is 11.3. The fourth-order valence-electron chi connectivity index (χ4n) is 3.50. The Bertz CT molecular complexity index is 357. The number of unbranched alkanes of at least 4 members (excludes halogenated alkanes) is 11. The van der Waals surface area contributed by atoms with Gasteiger partial charge in [-0.25, -0.2) is 0 Å². The lowest BCUT2D eigenvalue weighted by Gasteiger charge is -2.23. The molecular formula is C22H43N3O. The third-order valence-corrected chi connectivity index (χ3v) is 5.23. The van der Waals surface area contributed by atoms with Gasteiger partial charge in [-0.15, -0.1) is 0 Å². The summed E-state index contributed by atoms with van der Waals surface area (Å²) >= 11 is 0. The molecule has 1 amide bonds. The monoisotopic (exact) mass is 365 g/mol. The van der Waals surface area contributed by atoms with Gasteiger partial charge >= 0.3 is 0 Å². The smallest absolute Gasteiger partial charge is 0.223 e. The predicted octanol–water partition coefficient (Wildman–Crippen LogP) is 4.97. The third kappa shape index (κ3) is 13.3. The van der Waals surface area contributed by atoms with E-state index >= 15 is 0 Å². The van der Waals surface area contributed by atoms with Crippen molar-refractivity contribution in [1.29, 1.82) is 0 Å². The van der Waals surface area contributed by atoms with Crippen molar-refractivity contribution in [2.75, 3.05) is 32.7 Å². The summed E-state index contributed by atoms with van der Waals surface area (Å²) in [4.78, 5) is 18.2. The van der Waals surface area contributed by atoms with Crippen LogP contribution in [0, 0.1) is 0 Å². The van der Waals surface area contributed by atoms with Crippen molar-refractivity contribution >= 4 is 12.1 Å². The van der Waals surface area contributed by atoms with Crippen LogP contribution in [0.25, 0.3) is 0 Å². The van der Waals surface area contributed by atoms with Gasteiger partial charge in [0.25, 0.3) is 0 Å². The third-order valence-electron chi connectivity index (χ3n) is 5.23. The van der Waals surface area contributed by atoms with Gasteiger partial charge in [-0.2, -0.15) is 0 Å². The number of amides is 1. The minimum atomic E-state index is 0.281. The lowest BCUT2D eigenvalue weighted by atomic mass is 10.1. The van der Waals surface area contributed by atoms with Crippen LogP contribution in [0.3, 0.4) is 0 Å². The van der Waals surface area contributed by atoms with E-state index in [-0.39, 0.29) is 5.91 Å². The summed E-state index contributed by atoms with van der Waals surface area (Å²) in [7, 11) is 0. The fraction of sp³-hybridized carbons (Fsp3) is 0.909. The van der Waals surface area contributed by atoms with Gasteiger partial charge in [0.1, 0.15) is 0 Å². The molecule has 0 spiro atoms. The number of carbonyl (C=O) groups excluding carboxylic acids is 1. The van der Waals surface area contributed by atoms with Crippen molar-refractivity contribution in [3.05, 3.63) is 0 Å². The Balaban J connectivity index is 1.80. The number of nitrogens with one attached hydrogen (secondary N) is 1. The number of rotatable bonds is 16. The van der Waals surface area contributed by atoms with Crippen LogP contribution in [0.15, 0.2) is 4.99 Å². The van der Waals surface area contributed by atoms with Crippen molar-refractivity contribution in [2.24, 2.45) is 4.99 Å². The highest BCUT2D eigenvalue weighted by Gasteiger charge is 2.13. The van der Waals surface area contributed by atoms with E-state index in [4.69, 9.17) is 0 Å². The molecule has 0 radical (unpaired) electrons. The van der Waals surface area contributed by atoms with E-state index in [0.717, 1.165) is 39.1 Å². The normalized spacial score (nSPS) is 16.5. The van der Waals surface area contributed by atoms with Crippen LogP contribution in [0.1, 0.15) is 96.8 Å². The lowest BCUT2D eigenvalue weighted by Crippen LogP contribution is -2.39. The van der Waals surface area contributed by atoms with Crippen LogP contribution >= 0.6 is 0 Å². The molecule has 0 saturated heterocycles. The maximum absolute atomic E-state index is 12.0. The lowest BCUT2D eigenvalue weighted by molar-refractivity contribution is -0.131. The minimum absolute atomic E-state index is 0.281. The molecule has 0 bridgehead atoms. The topological polar surface area (TPSA) is 44.7 Å². The summed E-state index contributed by atoms with van der Waals surface area (Å²) in [5.74, 6) is 0.281. The number of hydrogen-bond acceptors (Lipinski definition) is 3. The number of aliphatic imine (C=N–C) groups is 1. The molecule has 0 aromatic heterocycles. The summed E-state index contributed by atoms with van der Waals surface area (Å²) < 4.78 is 0. The summed E-state index contributed by atoms with van der Waals surface area (Å²) in [6.07, 6.45) is 20.0. The molecule has 4 nitrogen and oxygen atoms in total. The summed E-state index contributed by atoms with van der Waals surface area (Å²) in [5, 5.41) is 3.49. The molecule has 0 aliphatic carbocycles. The van der Waals surface area contributed by atoms with Crippen LogP contribution in [-0.2, 0) is 4.79 Å². The molecule has 152 valence electrons. The van der Waals surface area contributed by atoms with Crippen LogP contribution in [-0.4, -0.2) is 49.7 Å². The quantitative estimate of drug-likeness (QED) is 0.392. The van der Waals surface area contributed by atoms with E-state index in [0.29, 0.717) is 6.42 Å². The van der Waals surface area contributed by atoms with Gasteiger partial charge in [0.05, 0.1) is 6.54 Å². The van der Waals surface area contributed by atoms with Crippen LogP contribution in [0.2, 0.25) is 0 Å². The highest BCUT2D eigenvalue weighted by molar-refractivity contribution is 5.79. The molecule has 1 N–H and O–H groups in total. The Morgan fingerprint density at radius 3 is 2.19 bits per heavy atom. The molecule has 0 aromatic carbocycles. The first-order valence-electron chi connectivity index (χ1n) is 11.3. The van der Waals surface area contributed by atoms with Gasteiger partial charge in [-0.3, -0.25) is 9.79 Å². The molecule has 1 aliphatic rings. The molecule has 0 unspecified atom stereocenters. The maximum Gasteiger partial charge on any atom is 0.223 e. The van der Waals surface area contributed by atoms with Crippen molar-refractivity contribution in [3.8, 4) is 0 Å². The molecular weight excluding hydrogens is 322 g/mol. The van der Waals surface area contributed by atoms with Gasteiger partial charge in [-0.05, 0) is 25.6 Å². The van der Waals surface area contributed by atoms with E-state index in [1.165, 1.54) is 77.0 Å². The largest absolute Gasteiger partial charge is 0.340 e. The second kappa shape index (κ2) is 17.5. The summed E-state index contributed by atoms with van der Waals surface area (Å²) in [6.45, 7) is 6.63. The summed E-state index contributed by atoms with van der Waals surface area (Å²) in [5.41, 5.74) is 0. The Kier molecular flexibility index (Phi) is 15.6. The van der Waals surface area contributed by atoms with E-state index in [9.17, 15) is 4.79 Å². The number of nitrogens with zero attached hydrogens (tertiary/aromatic N) is 2. The SMILES string of the molecule is CCCCCCCCCCCCCCNCCN1CC/N=C\CCC1=O. The zero-order chi connectivity index (χ0) is 18.7. The van der Waals surface area contributed by atoms with E-state index in [1.54, 1.807) is 0 Å². The van der Waals surface area contributed by atoms with Crippen molar-refractivity contribution < 1.29 is 4.79 Å². The highest BCUT2D eigenvalue weighted by Crippen LogP contribution is 2.11. The standard InChI is InChI=1S/C22H43N3O/c1-2-3-4-5-6-7-8-9-10-11-12-13-16-23-18-20-25-21-19-24-17-14-15-22(25)26/h17,23H,2-16,18-21H2,1H3/b24-17-. The van der Waals surface area contributed by atoms with Gasteiger partial charge in [0.15, 0.2) is 0 Å². The molecule has 0 atom stereocenters. The molecule has 0 saturated carbocycles. The van der Waals surface area contributed by atoms with Gasteiger partial charge in [0.2, 0.25) is 5.91 Å². The molecule has 0 aromatic rings. The zero-order valence-corrected chi connectivity index (χ0v) is 17.3. The second-order valence-corrected chi connectivity index (χ2v) is 7.65. The molecule has 1 aliphatic heterocycles. The van der Waals surface area contributed by atoms with Crippen molar-refractivity contribution in [3.63, 3.8) is 0 Å². The van der Waals surface area contributed by atoms with Crippen LogP contribution in [0.4, 0.5) is 0 Å². The Hall–Kier alpha value is -0.900. The maximum atomic E-state index is 12.0. The Morgan fingerprint density at radius 1 is 0.923 bits per heavy atom. The van der Waals surface area contributed by atoms with Crippen LogP contribution in [0.5, 0.6) is 0 Å². The Labute approximate surface area is 162 Å². The average Bonchev–Trinajstić information content (AvgIpc) is 2.63. The van der Waals surface area contributed by atoms with Gasteiger partial charge in [0, 0.05) is 26.1 Å². The molecule has 1 rings (SSSR count). The molecule has 1 heterocycles. The van der Waals surface area contributed by atoms with Gasteiger partial charge < -0.3 is 10.2 Å². The predicted molar refractivity (Wildman–Crippen MR) is 113 cm³/mol. The first-order chi connectivity index (χ1) is 12.8. The van der Waals surface area contributed by atoms with E-state index in [2.05, 4.69) is 17.2 Å². The zero-order valence-electron chi connectivity index (χ0n) is 17.3. The van der Waals surface area contributed by atoms with E-state index in [1.807, 2.05) is 11.1 Å². The molecule has 4 heteroatoms.